The van der Waals surface area contributed by atoms with Crippen LogP contribution in [0.2, 0.25) is 0 Å². The molecule has 0 spiro atoms. The van der Waals surface area contributed by atoms with Crippen molar-refractivity contribution in [3.8, 4) is 11.5 Å². The van der Waals surface area contributed by atoms with Gasteiger partial charge in [0, 0.05) is 12.6 Å². The van der Waals surface area contributed by atoms with Crippen molar-refractivity contribution in [3.63, 3.8) is 0 Å². The molecule has 1 rings (SSSR count). The molecular weight excluding hydrogens is 266 g/mol. The van der Waals surface area contributed by atoms with Crippen molar-refractivity contribution in [2.24, 2.45) is 11.7 Å². The Hall–Kier alpha value is -1.26. The van der Waals surface area contributed by atoms with E-state index in [0.29, 0.717) is 19.1 Å². The quantitative estimate of drug-likeness (QED) is 0.674. The summed E-state index contributed by atoms with van der Waals surface area (Å²) in [7, 11) is 1.65. The van der Waals surface area contributed by atoms with Gasteiger partial charge in [-0.05, 0) is 43.4 Å². The summed E-state index contributed by atoms with van der Waals surface area (Å²) < 4.78 is 16.6. The zero-order chi connectivity index (χ0) is 15.7. The predicted octanol–water partition coefficient (Wildman–Crippen LogP) is 3.03. The lowest BCUT2D eigenvalue weighted by atomic mass is 10.1. The van der Waals surface area contributed by atoms with E-state index >= 15 is 0 Å². The summed E-state index contributed by atoms with van der Waals surface area (Å²) in [5, 5.41) is 0. The number of hydrogen-bond donors (Lipinski definition) is 1. The Morgan fingerprint density at radius 2 is 1.81 bits per heavy atom. The van der Waals surface area contributed by atoms with Crippen LogP contribution in [0.5, 0.6) is 11.5 Å². The normalized spacial score (nSPS) is 12.5. The SMILES string of the molecule is COc1cc(CC(C)N)ccc1OCCOCCC(C)C. The smallest absolute Gasteiger partial charge is 0.161 e. The molecule has 1 atom stereocenters. The van der Waals surface area contributed by atoms with Crippen molar-refractivity contribution in [3.05, 3.63) is 23.8 Å². The van der Waals surface area contributed by atoms with Gasteiger partial charge in [0.15, 0.2) is 11.5 Å². The first-order valence-electron chi connectivity index (χ1n) is 7.66. The van der Waals surface area contributed by atoms with Crippen LogP contribution in [0.3, 0.4) is 0 Å². The minimum Gasteiger partial charge on any atom is -0.493 e. The second kappa shape index (κ2) is 9.64. The molecule has 120 valence electrons. The zero-order valence-electron chi connectivity index (χ0n) is 13.7. The Balaban J connectivity index is 2.40. The van der Waals surface area contributed by atoms with Gasteiger partial charge in [-0.1, -0.05) is 19.9 Å². The second-order valence-electron chi connectivity index (χ2n) is 5.81. The second-order valence-corrected chi connectivity index (χ2v) is 5.81. The van der Waals surface area contributed by atoms with E-state index in [1.807, 2.05) is 25.1 Å². The largest absolute Gasteiger partial charge is 0.493 e. The van der Waals surface area contributed by atoms with Crippen LogP contribution in [-0.2, 0) is 11.2 Å². The third-order valence-electron chi connectivity index (χ3n) is 3.11. The van der Waals surface area contributed by atoms with Crippen LogP contribution in [0.25, 0.3) is 0 Å². The van der Waals surface area contributed by atoms with Crippen molar-refractivity contribution in [2.45, 2.75) is 39.7 Å². The molecule has 4 nitrogen and oxygen atoms in total. The Bertz CT molecular complexity index is 405. The van der Waals surface area contributed by atoms with Crippen molar-refractivity contribution < 1.29 is 14.2 Å². The monoisotopic (exact) mass is 295 g/mol. The van der Waals surface area contributed by atoms with Crippen LogP contribution in [0.4, 0.5) is 0 Å². The highest BCUT2D eigenvalue weighted by molar-refractivity contribution is 5.43. The summed E-state index contributed by atoms with van der Waals surface area (Å²) in [4.78, 5) is 0. The van der Waals surface area contributed by atoms with Crippen LogP contribution < -0.4 is 15.2 Å². The third-order valence-corrected chi connectivity index (χ3v) is 3.11. The van der Waals surface area contributed by atoms with E-state index in [0.717, 1.165) is 36.5 Å². The Morgan fingerprint density at radius 3 is 2.43 bits per heavy atom. The van der Waals surface area contributed by atoms with Gasteiger partial charge in [0.2, 0.25) is 0 Å². The number of nitrogens with two attached hydrogens (primary N) is 1. The van der Waals surface area contributed by atoms with E-state index in [-0.39, 0.29) is 6.04 Å². The molecule has 0 aliphatic rings. The average molecular weight is 295 g/mol. The number of hydrogen-bond acceptors (Lipinski definition) is 4. The molecular formula is C17H29NO3. The standard InChI is InChI=1S/C17H29NO3/c1-13(2)7-8-20-9-10-21-16-6-5-15(11-14(3)18)12-17(16)19-4/h5-6,12-14H,7-11,18H2,1-4H3. The van der Waals surface area contributed by atoms with Gasteiger partial charge in [-0.15, -0.1) is 0 Å². The van der Waals surface area contributed by atoms with Crippen LogP contribution in [0.15, 0.2) is 18.2 Å². The van der Waals surface area contributed by atoms with Gasteiger partial charge in [0.25, 0.3) is 0 Å². The zero-order valence-corrected chi connectivity index (χ0v) is 13.7. The fraction of sp³-hybridized carbons (Fsp3) is 0.647. The van der Waals surface area contributed by atoms with Crippen molar-refractivity contribution in [1.29, 1.82) is 0 Å². The van der Waals surface area contributed by atoms with Crippen molar-refractivity contribution in [2.75, 3.05) is 26.9 Å². The maximum absolute atomic E-state index is 5.81. The number of benzene rings is 1. The Morgan fingerprint density at radius 1 is 1.05 bits per heavy atom. The summed E-state index contributed by atoms with van der Waals surface area (Å²) >= 11 is 0. The molecule has 1 aromatic carbocycles. The first-order chi connectivity index (χ1) is 10.0. The van der Waals surface area contributed by atoms with Crippen molar-refractivity contribution >= 4 is 0 Å². The Kier molecular flexibility index (Phi) is 8.16. The predicted molar refractivity (Wildman–Crippen MR) is 86.1 cm³/mol. The summed E-state index contributed by atoms with van der Waals surface area (Å²) in [6.45, 7) is 8.28. The minimum atomic E-state index is 0.135. The van der Waals surface area contributed by atoms with E-state index in [1.54, 1.807) is 7.11 Å². The molecule has 0 aromatic heterocycles. The highest BCUT2D eigenvalue weighted by Crippen LogP contribution is 2.28. The lowest BCUT2D eigenvalue weighted by molar-refractivity contribution is 0.0916. The molecule has 0 bridgehead atoms. The van der Waals surface area contributed by atoms with Crippen LogP contribution in [-0.4, -0.2) is 33.0 Å². The summed E-state index contributed by atoms with van der Waals surface area (Å²) in [6, 6.07) is 6.08. The molecule has 2 N–H and O–H groups in total. The fourth-order valence-electron chi connectivity index (χ4n) is 1.96. The fourth-order valence-corrected chi connectivity index (χ4v) is 1.96. The summed E-state index contributed by atoms with van der Waals surface area (Å²) in [5.41, 5.74) is 6.97. The first kappa shape index (κ1) is 17.8. The maximum atomic E-state index is 5.81. The molecule has 0 saturated heterocycles. The van der Waals surface area contributed by atoms with Gasteiger partial charge in [-0.3, -0.25) is 0 Å². The highest BCUT2D eigenvalue weighted by Gasteiger charge is 2.07. The molecule has 0 aliphatic heterocycles. The minimum absolute atomic E-state index is 0.135. The lowest BCUT2D eigenvalue weighted by Crippen LogP contribution is -2.17. The third kappa shape index (κ3) is 7.34. The highest BCUT2D eigenvalue weighted by atomic mass is 16.5. The molecule has 0 radical (unpaired) electrons. The number of methoxy groups -OCH3 is 1. The maximum Gasteiger partial charge on any atom is 0.161 e. The summed E-state index contributed by atoms with van der Waals surface area (Å²) in [6.07, 6.45) is 1.91. The van der Waals surface area contributed by atoms with Gasteiger partial charge in [0.1, 0.15) is 6.61 Å². The van der Waals surface area contributed by atoms with E-state index in [1.165, 1.54) is 0 Å². The molecule has 4 heteroatoms. The average Bonchev–Trinajstić information content (AvgIpc) is 2.42. The van der Waals surface area contributed by atoms with Crippen molar-refractivity contribution in [1.82, 2.24) is 0 Å². The van der Waals surface area contributed by atoms with Gasteiger partial charge in [-0.25, -0.2) is 0 Å². The Labute approximate surface area is 128 Å². The number of rotatable bonds is 10. The van der Waals surface area contributed by atoms with E-state index in [9.17, 15) is 0 Å². The van der Waals surface area contributed by atoms with Crippen LogP contribution >= 0.6 is 0 Å². The molecule has 1 unspecified atom stereocenters. The number of ether oxygens (including phenoxy) is 3. The lowest BCUT2D eigenvalue weighted by Gasteiger charge is -2.13. The van der Waals surface area contributed by atoms with E-state index < -0.39 is 0 Å². The molecule has 0 aliphatic carbocycles. The molecule has 0 saturated carbocycles. The van der Waals surface area contributed by atoms with Gasteiger partial charge >= 0.3 is 0 Å². The van der Waals surface area contributed by atoms with Gasteiger partial charge < -0.3 is 19.9 Å². The first-order valence-corrected chi connectivity index (χ1v) is 7.66. The van der Waals surface area contributed by atoms with Gasteiger partial charge in [0.05, 0.1) is 13.7 Å². The topological polar surface area (TPSA) is 53.7 Å². The van der Waals surface area contributed by atoms with E-state index in [4.69, 9.17) is 19.9 Å². The van der Waals surface area contributed by atoms with Crippen LogP contribution in [0.1, 0.15) is 32.8 Å². The summed E-state index contributed by atoms with van der Waals surface area (Å²) in [5.74, 6) is 2.16. The van der Waals surface area contributed by atoms with Crippen LogP contribution in [0, 0.1) is 5.92 Å². The van der Waals surface area contributed by atoms with E-state index in [2.05, 4.69) is 13.8 Å². The molecule has 0 heterocycles. The molecule has 0 amide bonds. The molecule has 1 aromatic rings. The molecule has 0 fully saturated rings. The molecule has 21 heavy (non-hydrogen) atoms. The van der Waals surface area contributed by atoms with Gasteiger partial charge in [-0.2, -0.15) is 0 Å².